The summed E-state index contributed by atoms with van der Waals surface area (Å²) in [7, 11) is 0. The molecule has 37 heavy (non-hydrogen) atoms. The minimum atomic E-state index is -1.16. The second-order valence-electron chi connectivity index (χ2n) is 9.50. The molecule has 0 spiro atoms. The van der Waals surface area contributed by atoms with Crippen LogP contribution in [0.1, 0.15) is 50.8 Å². The Morgan fingerprint density at radius 2 is 1.62 bits per heavy atom. The number of benzene rings is 2. The van der Waals surface area contributed by atoms with E-state index in [-0.39, 0.29) is 25.9 Å². The quantitative estimate of drug-likeness (QED) is 0.379. The zero-order valence-electron chi connectivity index (χ0n) is 21.6. The topological polar surface area (TPSA) is 131 Å². The van der Waals surface area contributed by atoms with Crippen LogP contribution in [0.2, 0.25) is 0 Å². The van der Waals surface area contributed by atoms with Gasteiger partial charge >= 0.3 is 6.09 Å². The number of rotatable bonds is 12. The number of carbonyl (C=O) groups is 4. The molecule has 0 saturated heterocycles. The third-order valence-electron chi connectivity index (χ3n) is 5.26. The fraction of sp³-hybridized carbons (Fsp3) is 0.357. The summed E-state index contributed by atoms with van der Waals surface area (Å²) < 4.78 is 5.31. The first-order valence-electron chi connectivity index (χ1n) is 12.1. The maximum atomic E-state index is 13.8. The Morgan fingerprint density at radius 3 is 2.16 bits per heavy atom. The van der Waals surface area contributed by atoms with E-state index >= 15 is 0 Å². The Kier molecular flexibility index (Phi) is 10.9. The molecule has 2 unspecified atom stereocenters. The predicted molar refractivity (Wildman–Crippen MR) is 141 cm³/mol. The van der Waals surface area contributed by atoms with Crippen molar-refractivity contribution >= 4 is 23.8 Å². The molecule has 0 bridgehead atoms. The Bertz CT molecular complexity index is 1070. The van der Waals surface area contributed by atoms with Crippen LogP contribution < -0.4 is 16.4 Å². The van der Waals surface area contributed by atoms with Gasteiger partial charge in [-0.3, -0.25) is 14.4 Å². The summed E-state index contributed by atoms with van der Waals surface area (Å²) in [5.41, 5.74) is 5.99. The lowest BCUT2D eigenvalue weighted by molar-refractivity contribution is -0.142. The van der Waals surface area contributed by atoms with Gasteiger partial charge in [0.2, 0.25) is 17.7 Å². The van der Waals surface area contributed by atoms with E-state index < -0.39 is 41.5 Å². The van der Waals surface area contributed by atoms with Gasteiger partial charge in [0.25, 0.3) is 0 Å². The largest absolute Gasteiger partial charge is 0.444 e. The van der Waals surface area contributed by atoms with Crippen LogP contribution in [-0.2, 0) is 25.7 Å². The number of alkyl carbamates (subject to hydrolysis) is 1. The van der Waals surface area contributed by atoms with Crippen molar-refractivity contribution in [2.75, 3.05) is 6.54 Å². The van der Waals surface area contributed by atoms with Gasteiger partial charge < -0.3 is 26.0 Å². The lowest BCUT2D eigenvalue weighted by Crippen LogP contribution is -2.53. The maximum absolute atomic E-state index is 13.8. The highest BCUT2D eigenvalue weighted by Crippen LogP contribution is 2.23. The smallest absolute Gasteiger partial charge is 0.408 e. The number of nitrogens with two attached hydrogens (primary N) is 1. The highest BCUT2D eigenvalue weighted by atomic mass is 16.6. The van der Waals surface area contributed by atoms with E-state index in [0.29, 0.717) is 5.56 Å². The molecule has 2 rings (SSSR count). The zero-order chi connectivity index (χ0) is 27.4. The number of amides is 4. The highest BCUT2D eigenvalue weighted by Gasteiger charge is 2.35. The Balaban J connectivity index is 2.39. The summed E-state index contributed by atoms with van der Waals surface area (Å²) in [6.45, 7) is 9.10. The first-order chi connectivity index (χ1) is 17.5. The first-order valence-corrected chi connectivity index (χ1v) is 12.1. The molecule has 2 atom stereocenters. The van der Waals surface area contributed by atoms with E-state index in [1.54, 1.807) is 45.0 Å². The van der Waals surface area contributed by atoms with Crippen LogP contribution in [-0.4, -0.2) is 46.9 Å². The van der Waals surface area contributed by atoms with Gasteiger partial charge in [-0.05, 0) is 38.3 Å². The maximum Gasteiger partial charge on any atom is 0.408 e. The SMILES string of the molecule is C=CCN(C(=O)C(CCC(N)=O)NC(=O)OC(C)(C)C)C(C(=O)NCc1ccccc1)c1ccccc1. The van der Waals surface area contributed by atoms with E-state index in [1.807, 2.05) is 36.4 Å². The van der Waals surface area contributed by atoms with Gasteiger partial charge in [0.05, 0.1) is 0 Å². The number of carbonyl (C=O) groups excluding carboxylic acids is 4. The van der Waals surface area contributed by atoms with Crippen molar-refractivity contribution in [3.8, 4) is 0 Å². The Labute approximate surface area is 218 Å². The first kappa shape index (κ1) is 29.1. The van der Waals surface area contributed by atoms with E-state index in [4.69, 9.17) is 10.5 Å². The van der Waals surface area contributed by atoms with Gasteiger partial charge in [-0.25, -0.2) is 4.79 Å². The van der Waals surface area contributed by atoms with Gasteiger partial charge in [0, 0.05) is 19.5 Å². The number of hydrogen-bond acceptors (Lipinski definition) is 5. The minimum Gasteiger partial charge on any atom is -0.444 e. The van der Waals surface area contributed by atoms with E-state index in [2.05, 4.69) is 17.2 Å². The molecule has 0 aliphatic rings. The van der Waals surface area contributed by atoms with Crippen LogP contribution in [0, 0.1) is 0 Å². The minimum absolute atomic E-state index is 0.0141. The second-order valence-corrected chi connectivity index (χ2v) is 9.50. The van der Waals surface area contributed by atoms with Crippen molar-refractivity contribution in [1.82, 2.24) is 15.5 Å². The standard InChI is InChI=1S/C28H36N4O5/c1-5-18-32(26(35)22(16-17-23(29)33)31-27(36)37-28(2,3)4)24(21-14-10-7-11-15-21)25(34)30-19-20-12-8-6-9-13-20/h5-15,22,24H,1,16-19H2,2-4H3,(H2,29,33)(H,30,34)(H,31,36). The van der Waals surface area contributed by atoms with Crippen molar-refractivity contribution < 1.29 is 23.9 Å². The van der Waals surface area contributed by atoms with Gasteiger partial charge in [-0.15, -0.1) is 6.58 Å². The van der Waals surface area contributed by atoms with E-state index in [9.17, 15) is 19.2 Å². The summed E-state index contributed by atoms with van der Waals surface area (Å²) in [6.07, 6.45) is 0.466. The van der Waals surface area contributed by atoms with Crippen molar-refractivity contribution in [1.29, 1.82) is 0 Å². The van der Waals surface area contributed by atoms with Crippen molar-refractivity contribution in [3.05, 3.63) is 84.4 Å². The molecule has 0 aromatic heterocycles. The molecule has 198 valence electrons. The molecular weight excluding hydrogens is 472 g/mol. The van der Waals surface area contributed by atoms with Crippen LogP contribution in [0.4, 0.5) is 4.79 Å². The van der Waals surface area contributed by atoms with Crippen LogP contribution in [0.15, 0.2) is 73.3 Å². The molecule has 0 radical (unpaired) electrons. The Morgan fingerprint density at radius 1 is 1.03 bits per heavy atom. The molecule has 9 nitrogen and oxygen atoms in total. The second kappa shape index (κ2) is 13.8. The summed E-state index contributed by atoms with van der Waals surface area (Å²) in [5, 5.41) is 5.44. The molecular formula is C28H36N4O5. The lowest BCUT2D eigenvalue weighted by Gasteiger charge is -2.33. The van der Waals surface area contributed by atoms with Crippen molar-refractivity contribution in [2.45, 2.75) is 57.8 Å². The van der Waals surface area contributed by atoms with Crippen LogP contribution in [0.3, 0.4) is 0 Å². The Hall–Kier alpha value is -4.14. The van der Waals surface area contributed by atoms with Gasteiger partial charge in [-0.2, -0.15) is 0 Å². The van der Waals surface area contributed by atoms with Gasteiger partial charge in [-0.1, -0.05) is 66.7 Å². The summed E-state index contributed by atoms with van der Waals surface area (Å²) in [5.74, 6) is -1.61. The molecule has 4 amide bonds. The van der Waals surface area contributed by atoms with Gasteiger partial charge in [0.1, 0.15) is 17.7 Å². The molecule has 0 fully saturated rings. The number of primary amides is 1. The average molecular weight is 509 g/mol. The molecule has 2 aromatic carbocycles. The number of hydrogen-bond donors (Lipinski definition) is 3. The van der Waals surface area contributed by atoms with E-state index in [0.717, 1.165) is 5.56 Å². The summed E-state index contributed by atoms with van der Waals surface area (Å²) in [6, 6.07) is 16.1. The normalized spacial score (nSPS) is 12.5. The fourth-order valence-electron chi connectivity index (χ4n) is 3.65. The molecule has 4 N–H and O–H groups in total. The third-order valence-corrected chi connectivity index (χ3v) is 5.26. The zero-order valence-corrected chi connectivity index (χ0v) is 21.6. The lowest BCUT2D eigenvalue weighted by atomic mass is 10.0. The van der Waals surface area contributed by atoms with Crippen molar-refractivity contribution in [3.63, 3.8) is 0 Å². The molecule has 0 aliphatic heterocycles. The summed E-state index contributed by atoms with van der Waals surface area (Å²) in [4.78, 5) is 52.7. The number of nitrogens with one attached hydrogen (secondary N) is 2. The molecule has 0 aliphatic carbocycles. The third kappa shape index (κ3) is 9.79. The average Bonchev–Trinajstić information content (AvgIpc) is 2.84. The van der Waals surface area contributed by atoms with Gasteiger partial charge in [0.15, 0.2) is 0 Å². The molecule has 0 saturated carbocycles. The van der Waals surface area contributed by atoms with Crippen LogP contribution in [0.25, 0.3) is 0 Å². The fourth-order valence-corrected chi connectivity index (χ4v) is 3.65. The predicted octanol–water partition coefficient (Wildman–Crippen LogP) is 3.22. The van der Waals surface area contributed by atoms with Crippen LogP contribution in [0.5, 0.6) is 0 Å². The highest BCUT2D eigenvalue weighted by molar-refractivity contribution is 5.92. The van der Waals surface area contributed by atoms with E-state index in [1.165, 1.54) is 11.0 Å². The van der Waals surface area contributed by atoms with Crippen molar-refractivity contribution in [2.24, 2.45) is 5.73 Å². The molecule has 0 heterocycles. The monoisotopic (exact) mass is 508 g/mol. The molecule has 2 aromatic rings. The number of nitrogens with zero attached hydrogens (tertiary/aromatic N) is 1. The number of ether oxygens (including phenoxy) is 1. The van der Waals surface area contributed by atoms with Crippen LogP contribution >= 0.6 is 0 Å². The summed E-state index contributed by atoms with van der Waals surface area (Å²) >= 11 is 0. The molecule has 9 heteroatoms.